The molecule has 0 N–H and O–H groups in total. The van der Waals surface area contributed by atoms with E-state index in [1.807, 2.05) is 6.07 Å². The maximum absolute atomic E-state index is 5.08. The minimum Gasteiger partial charge on any atom is -0.472 e. The lowest BCUT2D eigenvalue weighted by Gasteiger charge is -1.96. The quantitative estimate of drug-likeness (QED) is 0.556. The van der Waals surface area contributed by atoms with Crippen LogP contribution in [0.25, 0.3) is 11.1 Å². The second kappa shape index (κ2) is 2.12. The zero-order chi connectivity index (χ0) is 7.84. The Hall–Kier alpha value is -1.24. The van der Waals surface area contributed by atoms with Crippen molar-refractivity contribution in [3.8, 4) is 11.1 Å². The first-order valence-electron chi connectivity index (χ1n) is 3.71. The lowest BCUT2D eigenvalue weighted by molar-refractivity contribution is 0.552. The van der Waals surface area contributed by atoms with E-state index in [1.165, 1.54) is 22.3 Å². The molecule has 0 amide bonds. The van der Waals surface area contributed by atoms with Gasteiger partial charge in [-0.2, -0.15) is 0 Å². The lowest BCUT2D eigenvalue weighted by atomic mass is 10.1. The maximum atomic E-state index is 5.08. The van der Waals surface area contributed by atoms with Gasteiger partial charge in [0.25, 0.3) is 0 Å². The van der Waals surface area contributed by atoms with E-state index in [0.29, 0.717) is 0 Å². The van der Waals surface area contributed by atoms with E-state index >= 15 is 0 Å². The van der Waals surface area contributed by atoms with Gasteiger partial charge in [0.15, 0.2) is 0 Å². The SMILES string of the molecule is Cc1cc2ccocc-2c1C. The van der Waals surface area contributed by atoms with Crippen LogP contribution in [0.15, 0.2) is 29.1 Å². The second-order valence-corrected chi connectivity index (χ2v) is 2.88. The largest absolute Gasteiger partial charge is 0.472 e. The predicted octanol–water partition coefficient (Wildman–Crippen LogP) is 3.00. The molecule has 1 heteroatoms. The van der Waals surface area contributed by atoms with Crippen LogP contribution in [0.2, 0.25) is 0 Å². The second-order valence-electron chi connectivity index (χ2n) is 2.88. The average Bonchev–Trinajstić information content (AvgIpc) is 2.30. The standard InChI is InChI=1S/C10H10O/c1-7-5-9-3-4-11-6-10(9)8(7)2/h3-6H,1-2H3. The molecule has 0 bridgehead atoms. The fourth-order valence-corrected chi connectivity index (χ4v) is 1.36. The van der Waals surface area contributed by atoms with E-state index < -0.39 is 0 Å². The highest BCUT2D eigenvalue weighted by molar-refractivity contribution is 5.71. The molecule has 2 aliphatic rings. The van der Waals surface area contributed by atoms with Crippen LogP contribution >= 0.6 is 0 Å². The highest BCUT2D eigenvalue weighted by atomic mass is 16.3. The number of hydrogen-bond donors (Lipinski definition) is 0. The molecule has 0 radical (unpaired) electrons. The van der Waals surface area contributed by atoms with Gasteiger partial charge in [0.05, 0.1) is 12.5 Å². The van der Waals surface area contributed by atoms with Crippen LogP contribution in [0.3, 0.4) is 0 Å². The number of hydrogen-bond acceptors (Lipinski definition) is 1. The van der Waals surface area contributed by atoms with Crippen molar-refractivity contribution >= 4 is 0 Å². The molecule has 2 rings (SSSR count). The molecule has 1 heterocycles. The molecule has 0 unspecified atom stereocenters. The van der Waals surface area contributed by atoms with E-state index in [4.69, 9.17) is 4.42 Å². The molecule has 56 valence electrons. The summed E-state index contributed by atoms with van der Waals surface area (Å²) in [5.41, 5.74) is 5.15. The van der Waals surface area contributed by atoms with Gasteiger partial charge in [-0.15, -0.1) is 0 Å². The Balaban J connectivity index is 2.81. The number of rotatable bonds is 0. The van der Waals surface area contributed by atoms with Crippen LogP contribution in [0.5, 0.6) is 0 Å². The third kappa shape index (κ3) is 0.845. The predicted molar refractivity (Wildman–Crippen MR) is 44.8 cm³/mol. The summed E-state index contributed by atoms with van der Waals surface area (Å²) in [5, 5.41) is 0. The van der Waals surface area contributed by atoms with Crippen LogP contribution in [0.4, 0.5) is 0 Å². The summed E-state index contributed by atoms with van der Waals surface area (Å²) in [6.45, 7) is 4.24. The van der Waals surface area contributed by atoms with Crippen molar-refractivity contribution < 1.29 is 4.42 Å². The summed E-state index contributed by atoms with van der Waals surface area (Å²) < 4.78 is 5.08. The first-order valence-corrected chi connectivity index (χ1v) is 3.71. The molecule has 0 aromatic heterocycles. The van der Waals surface area contributed by atoms with Gasteiger partial charge in [-0.05, 0) is 36.6 Å². The van der Waals surface area contributed by atoms with E-state index in [0.717, 1.165) is 0 Å². The fraction of sp³-hybridized carbons (Fsp3) is 0.200. The Morgan fingerprint density at radius 3 is 2.82 bits per heavy atom. The summed E-state index contributed by atoms with van der Waals surface area (Å²) in [6, 6.07) is 4.18. The van der Waals surface area contributed by atoms with Gasteiger partial charge < -0.3 is 4.42 Å². The Kier molecular flexibility index (Phi) is 1.25. The third-order valence-corrected chi connectivity index (χ3v) is 2.19. The molecular weight excluding hydrogens is 136 g/mol. The number of fused-ring (bicyclic) bond motifs is 1. The van der Waals surface area contributed by atoms with Crippen molar-refractivity contribution in [3.63, 3.8) is 0 Å². The number of aryl methyl sites for hydroxylation is 1. The molecule has 0 aromatic carbocycles. The minimum atomic E-state index is 1.23. The maximum Gasteiger partial charge on any atom is 0.0982 e. The molecule has 1 aliphatic heterocycles. The summed E-state index contributed by atoms with van der Waals surface area (Å²) in [5.74, 6) is 0. The molecular formula is C10H10O. The van der Waals surface area contributed by atoms with Crippen molar-refractivity contribution in [2.45, 2.75) is 13.8 Å². The average molecular weight is 146 g/mol. The van der Waals surface area contributed by atoms with E-state index in [1.54, 1.807) is 12.5 Å². The van der Waals surface area contributed by atoms with Gasteiger partial charge in [0.1, 0.15) is 0 Å². The normalized spacial score (nSPS) is 10.7. The molecule has 1 nitrogen and oxygen atoms in total. The van der Waals surface area contributed by atoms with Crippen molar-refractivity contribution in [1.29, 1.82) is 0 Å². The van der Waals surface area contributed by atoms with Crippen molar-refractivity contribution in [2.24, 2.45) is 0 Å². The van der Waals surface area contributed by atoms with E-state index in [2.05, 4.69) is 19.9 Å². The summed E-state index contributed by atoms with van der Waals surface area (Å²) >= 11 is 0. The van der Waals surface area contributed by atoms with Gasteiger partial charge >= 0.3 is 0 Å². The van der Waals surface area contributed by atoms with Gasteiger partial charge in [0, 0.05) is 5.56 Å². The lowest BCUT2D eigenvalue weighted by Crippen LogP contribution is -1.74. The Bertz CT molecular complexity index is 343. The highest BCUT2D eigenvalue weighted by Crippen LogP contribution is 2.29. The third-order valence-electron chi connectivity index (χ3n) is 2.19. The van der Waals surface area contributed by atoms with Gasteiger partial charge in [0.2, 0.25) is 0 Å². The minimum absolute atomic E-state index is 1.23. The fourth-order valence-electron chi connectivity index (χ4n) is 1.36. The van der Waals surface area contributed by atoms with Crippen LogP contribution in [-0.4, -0.2) is 0 Å². The van der Waals surface area contributed by atoms with Crippen LogP contribution in [0, 0.1) is 13.8 Å². The molecule has 0 atom stereocenters. The summed E-state index contributed by atoms with van der Waals surface area (Å²) in [6.07, 6.45) is 3.51. The molecule has 0 spiro atoms. The van der Waals surface area contributed by atoms with Gasteiger partial charge in [-0.25, -0.2) is 0 Å². The van der Waals surface area contributed by atoms with Crippen molar-refractivity contribution in [1.82, 2.24) is 0 Å². The van der Waals surface area contributed by atoms with Crippen LogP contribution in [-0.2, 0) is 0 Å². The summed E-state index contributed by atoms with van der Waals surface area (Å²) in [7, 11) is 0. The molecule has 0 aromatic rings. The molecule has 1 aliphatic carbocycles. The van der Waals surface area contributed by atoms with E-state index in [-0.39, 0.29) is 0 Å². The van der Waals surface area contributed by atoms with Crippen LogP contribution in [0.1, 0.15) is 11.1 Å². The van der Waals surface area contributed by atoms with Gasteiger partial charge in [-0.3, -0.25) is 0 Å². The Labute approximate surface area is 66.0 Å². The monoisotopic (exact) mass is 146 g/mol. The zero-order valence-corrected chi connectivity index (χ0v) is 6.72. The topological polar surface area (TPSA) is 13.1 Å². The molecule has 0 saturated heterocycles. The first kappa shape index (κ1) is 6.47. The van der Waals surface area contributed by atoms with Crippen LogP contribution < -0.4 is 0 Å². The Morgan fingerprint density at radius 2 is 2.09 bits per heavy atom. The molecule has 0 saturated carbocycles. The smallest absolute Gasteiger partial charge is 0.0982 e. The Morgan fingerprint density at radius 1 is 1.27 bits per heavy atom. The molecule has 0 fully saturated rings. The van der Waals surface area contributed by atoms with Gasteiger partial charge in [-0.1, -0.05) is 6.07 Å². The van der Waals surface area contributed by atoms with E-state index in [9.17, 15) is 0 Å². The molecule has 11 heavy (non-hydrogen) atoms. The highest BCUT2D eigenvalue weighted by Gasteiger charge is 2.08. The van der Waals surface area contributed by atoms with Crippen molar-refractivity contribution in [2.75, 3.05) is 0 Å². The zero-order valence-electron chi connectivity index (χ0n) is 6.72. The first-order chi connectivity index (χ1) is 5.29. The van der Waals surface area contributed by atoms with Crippen molar-refractivity contribution in [3.05, 3.63) is 35.8 Å². The summed E-state index contributed by atoms with van der Waals surface area (Å²) in [4.78, 5) is 0.